The Morgan fingerprint density at radius 1 is 1.21 bits per heavy atom. The van der Waals surface area contributed by atoms with E-state index in [1.165, 1.54) is 68.5 Å². The summed E-state index contributed by atoms with van der Waals surface area (Å²) in [7, 11) is 0. The summed E-state index contributed by atoms with van der Waals surface area (Å²) in [5.74, 6) is 1.40. The van der Waals surface area contributed by atoms with Gasteiger partial charge in [-0.2, -0.15) is 0 Å². The predicted molar refractivity (Wildman–Crippen MR) is 109 cm³/mol. The molecule has 0 saturated heterocycles. The third kappa shape index (κ3) is 4.27. The summed E-state index contributed by atoms with van der Waals surface area (Å²) in [5, 5.41) is 14.1. The van der Waals surface area contributed by atoms with Crippen molar-refractivity contribution in [1.82, 2.24) is 5.32 Å². The highest BCUT2D eigenvalue weighted by atomic mass is 32.2. The fourth-order valence-electron chi connectivity index (χ4n) is 6.02. The molecule has 4 aliphatic carbocycles. The van der Waals surface area contributed by atoms with Crippen LogP contribution in [-0.4, -0.2) is 36.2 Å². The molecule has 0 heterocycles. The molecule has 29 heavy (non-hydrogen) atoms. The van der Waals surface area contributed by atoms with Crippen LogP contribution in [0.1, 0.15) is 48.9 Å². The van der Waals surface area contributed by atoms with Crippen LogP contribution in [0.2, 0.25) is 0 Å². The van der Waals surface area contributed by atoms with Gasteiger partial charge in [-0.3, -0.25) is 14.9 Å². The number of hydrogen-bond acceptors (Lipinski definition) is 6. The summed E-state index contributed by atoms with van der Waals surface area (Å²) in [6, 6.07) is 4.20. The highest BCUT2D eigenvalue weighted by molar-refractivity contribution is 7.98. The Morgan fingerprint density at radius 2 is 1.83 bits per heavy atom. The molecule has 1 aromatic carbocycles. The summed E-state index contributed by atoms with van der Waals surface area (Å²) >= 11 is 1.23. The molecule has 0 unspecified atom stereocenters. The molecule has 4 aliphatic rings. The highest BCUT2D eigenvalue weighted by Crippen LogP contribution is 2.59. The molecule has 4 saturated carbocycles. The maximum atomic E-state index is 12.2. The van der Waals surface area contributed by atoms with E-state index >= 15 is 0 Å². The van der Waals surface area contributed by atoms with Gasteiger partial charge >= 0.3 is 5.97 Å². The molecule has 5 rings (SSSR count). The van der Waals surface area contributed by atoms with Crippen LogP contribution in [0, 0.1) is 33.3 Å². The van der Waals surface area contributed by atoms with Crippen molar-refractivity contribution in [1.29, 1.82) is 0 Å². The van der Waals surface area contributed by atoms with Gasteiger partial charge in [0.25, 0.3) is 11.6 Å². The number of nitro benzene ring substituents is 1. The minimum atomic E-state index is -0.731. The number of rotatable bonds is 7. The average Bonchev–Trinajstić information content (AvgIpc) is 2.69. The van der Waals surface area contributed by atoms with Crippen molar-refractivity contribution in [2.24, 2.45) is 23.2 Å². The van der Waals surface area contributed by atoms with Crippen LogP contribution < -0.4 is 5.32 Å². The van der Waals surface area contributed by atoms with E-state index in [1.54, 1.807) is 6.26 Å². The number of nitrogens with zero attached hydrogens (tertiary/aromatic N) is 1. The largest absolute Gasteiger partial charge is 0.452 e. The first kappa shape index (κ1) is 20.2. The van der Waals surface area contributed by atoms with Gasteiger partial charge in [0.05, 0.1) is 15.4 Å². The van der Waals surface area contributed by atoms with Crippen molar-refractivity contribution in [2.45, 2.75) is 43.4 Å². The summed E-state index contributed by atoms with van der Waals surface area (Å²) < 4.78 is 5.09. The maximum absolute atomic E-state index is 12.2. The van der Waals surface area contributed by atoms with Gasteiger partial charge in [-0.1, -0.05) is 0 Å². The average molecular weight is 419 g/mol. The third-order valence-corrected chi connectivity index (χ3v) is 7.56. The lowest BCUT2D eigenvalue weighted by molar-refractivity contribution is -0.387. The van der Waals surface area contributed by atoms with E-state index in [0.717, 1.165) is 17.8 Å². The Hall–Kier alpha value is -2.09. The van der Waals surface area contributed by atoms with E-state index in [0.29, 0.717) is 11.4 Å². The lowest BCUT2D eigenvalue weighted by Gasteiger charge is -2.56. The van der Waals surface area contributed by atoms with E-state index in [1.807, 2.05) is 0 Å². The second-order valence-electron chi connectivity index (χ2n) is 8.91. The topological polar surface area (TPSA) is 98.5 Å². The van der Waals surface area contributed by atoms with E-state index in [9.17, 15) is 19.7 Å². The number of nitrogens with one attached hydrogen (secondary N) is 1. The standard InChI is InChI=1S/C21H26N2O5S/c1-29-18-3-2-16(7-17(18)23(26)27)20(25)28-11-19(24)22-12-21-8-13-4-14(9-21)6-15(5-13)10-21/h2-3,7,13-15H,4-6,8-12H2,1H3,(H,22,24). The fraction of sp³-hybridized carbons (Fsp3) is 0.619. The molecule has 0 aliphatic heterocycles. The van der Waals surface area contributed by atoms with Crippen molar-refractivity contribution in [2.75, 3.05) is 19.4 Å². The molecule has 0 spiro atoms. The molecule has 1 amide bonds. The Kier molecular flexibility index (Phi) is 5.55. The minimum absolute atomic E-state index is 0.0726. The minimum Gasteiger partial charge on any atom is -0.452 e. The van der Waals surface area contributed by atoms with Crippen LogP contribution >= 0.6 is 11.8 Å². The molecule has 0 aromatic heterocycles. The van der Waals surface area contributed by atoms with Gasteiger partial charge in [0, 0.05) is 12.6 Å². The molecule has 0 radical (unpaired) electrons. The zero-order valence-corrected chi connectivity index (χ0v) is 17.3. The molecular formula is C21H26N2O5S. The Bertz CT molecular complexity index is 805. The number of esters is 1. The number of thioether (sulfide) groups is 1. The van der Waals surface area contributed by atoms with Crippen LogP contribution in [0.25, 0.3) is 0 Å². The van der Waals surface area contributed by atoms with Crippen LogP contribution in [0.15, 0.2) is 23.1 Å². The fourth-order valence-corrected chi connectivity index (χ4v) is 6.56. The second kappa shape index (κ2) is 7.97. The molecule has 7 nitrogen and oxygen atoms in total. The summed E-state index contributed by atoms with van der Waals surface area (Å²) in [6.07, 6.45) is 9.39. The quantitative estimate of drug-likeness (QED) is 0.313. The van der Waals surface area contributed by atoms with E-state index < -0.39 is 10.9 Å². The maximum Gasteiger partial charge on any atom is 0.338 e. The number of carbonyl (C=O) groups excluding carboxylic acids is 2. The molecule has 1 aromatic rings. The lowest BCUT2D eigenvalue weighted by Crippen LogP contribution is -2.51. The molecule has 156 valence electrons. The van der Waals surface area contributed by atoms with Gasteiger partial charge in [-0.05, 0) is 80.1 Å². The van der Waals surface area contributed by atoms with Crippen LogP contribution in [-0.2, 0) is 9.53 Å². The van der Waals surface area contributed by atoms with Gasteiger partial charge in [0.1, 0.15) is 0 Å². The zero-order valence-electron chi connectivity index (χ0n) is 16.5. The van der Waals surface area contributed by atoms with Crippen LogP contribution in [0.4, 0.5) is 5.69 Å². The van der Waals surface area contributed by atoms with Crippen LogP contribution in [0.5, 0.6) is 0 Å². The smallest absolute Gasteiger partial charge is 0.338 e. The highest BCUT2D eigenvalue weighted by Gasteiger charge is 2.50. The summed E-state index contributed by atoms with van der Waals surface area (Å²) in [6.45, 7) is 0.282. The van der Waals surface area contributed by atoms with E-state index in [4.69, 9.17) is 4.74 Å². The second-order valence-corrected chi connectivity index (χ2v) is 9.76. The predicted octanol–water partition coefficient (Wildman–Crippen LogP) is 3.81. The van der Waals surface area contributed by atoms with Gasteiger partial charge in [-0.25, -0.2) is 4.79 Å². The number of amides is 1. The Morgan fingerprint density at radius 3 is 2.38 bits per heavy atom. The molecule has 0 atom stereocenters. The van der Waals surface area contributed by atoms with Crippen molar-refractivity contribution >= 4 is 29.3 Å². The Labute approximate surface area is 174 Å². The SMILES string of the molecule is CSc1ccc(C(=O)OCC(=O)NCC23CC4CC(CC(C4)C2)C3)cc1[N+](=O)[O-]. The molecular weight excluding hydrogens is 392 g/mol. The first-order valence-corrected chi connectivity index (χ1v) is 11.4. The summed E-state index contributed by atoms with van der Waals surface area (Å²) in [5.41, 5.74) is 0.157. The van der Waals surface area contributed by atoms with Crippen molar-refractivity contribution < 1.29 is 19.2 Å². The van der Waals surface area contributed by atoms with Crippen molar-refractivity contribution in [3.8, 4) is 0 Å². The number of hydrogen-bond donors (Lipinski definition) is 1. The Balaban J connectivity index is 1.29. The number of benzene rings is 1. The molecule has 4 bridgehead atoms. The third-order valence-electron chi connectivity index (χ3n) is 6.77. The summed E-state index contributed by atoms with van der Waals surface area (Å²) in [4.78, 5) is 35.6. The monoisotopic (exact) mass is 418 g/mol. The van der Waals surface area contributed by atoms with E-state index in [2.05, 4.69) is 5.32 Å². The molecule has 4 fully saturated rings. The lowest BCUT2D eigenvalue weighted by atomic mass is 9.49. The first-order chi connectivity index (χ1) is 13.9. The van der Waals surface area contributed by atoms with Gasteiger partial charge in [0.15, 0.2) is 6.61 Å². The number of nitro groups is 1. The van der Waals surface area contributed by atoms with Crippen molar-refractivity contribution in [3.63, 3.8) is 0 Å². The normalized spacial score (nSPS) is 29.5. The molecule has 1 N–H and O–H groups in total. The van der Waals surface area contributed by atoms with Crippen LogP contribution in [0.3, 0.4) is 0 Å². The number of carbonyl (C=O) groups is 2. The van der Waals surface area contributed by atoms with Gasteiger partial charge in [-0.15, -0.1) is 11.8 Å². The van der Waals surface area contributed by atoms with E-state index in [-0.39, 0.29) is 29.2 Å². The number of ether oxygens (including phenoxy) is 1. The van der Waals surface area contributed by atoms with Crippen molar-refractivity contribution in [3.05, 3.63) is 33.9 Å². The van der Waals surface area contributed by atoms with Gasteiger partial charge < -0.3 is 10.1 Å². The first-order valence-electron chi connectivity index (χ1n) is 10.1. The zero-order chi connectivity index (χ0) is 20.6. The molecule has 8 heteroatoms. The van der Waals surface area contributed by atoms with Gasteiger partial charge in [0.2, 0.25) is 0 Å².